The summed E-state index contributed by atoms with van der Waals surface area (Å²) in [5.41, 5.74) is 3.80. The fourth-order valence-electron chi connectivity index (χ4n) is 3.17. The fourth-order valence-corrected chi connectivity index (χ4v) is 3.85. The van der Waals surface area contributed by atoms with Gasteiger partial charge in [0.2, 0.25) is 5.91 Å². The molecule has 6 nitrogen and oxygen atoms in total. The predicted octanol–water partition coefficient (Wildman–Crippen LogP) is 5.46. The van der Waals surface area contributed by atoms with E-state index in [0.717, 1.165) is 27.7 Å². The van der Waals surface area contributed by atoms with Crippen LogP contribution < -0.4 is 5.32 Å². The Morgan fingerprint density at radius 3 is 2.66 bits per heavy atom. The molecule has 2 aromatic carbocycles. The summed E-state index contributed by atoms with van der Waals surface area (Å²) in [6, 6.07) is 15.8. The van der Waals surface area contributed by atoms with Crippen molar-refractivity contribution in [2.45, 2.75) is 37.2 Å². The van der Waals surface area contributed by atoms with E-state index in [2.05, 4.69) is 34.3 Å². The first kappa shape index (κ1) is 19.3. The van der Waals surface area contributed by atoms with Gasteiger partial charge in [-0.2, -0.15) is 0 Å². The van der Waals surface area contributed by atoms with Gasteiger partial charge in [-0.15, -0.1) is 10.2 Å². The minimum Gasteiger partial charge on any atom is -0.411 e. The predicted molar refractivity (Wildman–Crippen MR) is 116 cm³/mol. The van der Waals surface area contributed by atoms with Gasteiger partial charge in [0.1, 0.15) is 0 Å². The van der Waals surface area contributed by atoms with Crippen LogP contribution in [0.15, 0.2) is 64.4 Å². The first-order valence-electron chi connectivity index (χ1n) is 9.49. The molecule has 0 radical (unpaired) electrons. The van der Waals surface area contributed by atoms with Crippen molar-refractivity contribution in [1.29, 1.82) is 0 Å². The Morgan fingerprint density at radius 1 is 1.07 bits per heavy atom. The molecule has 2 N–H and O–H groups in total. The molecule has 2 heterocycles. The molecule has 0 saturated carbocycles. The second-order valence-corrected chi connectivity index (χ2v) is 8.40. The summed E-state index contributed by atoms with van der Waals surface area (Å²) in [5, 5.41) is 12.3. The molecule has 2 aromatic heterocycles. The first-order valence-corrected chi connectivity index (χ1v) is 10.4. The van der Waals surface area contributed by atoms with E-state index in [-0.39, 0.29) is 11.2 Å². The molecule has 0 aliphatic heterocycles. The highest BCUT2D eigenvalue weighted by molar-refractivity contribution is 8.00. The van der Waals surface area contributed by atoms with Crippen LogP contribution in [0.4, 0.5) is 5.69 Å². The number of aromatic nitrogens is 3. The first-order chi connectivity index (χ1) is 14.0. The number of carbonyl (C=O) groups excluding carboxylic acids is 1. The number of thioether (sulfide) groups is 1. The summed E-state index contributed by atoms with van der Waals surface area (Å²) in [4.78, 5) is 15.9. The molecule has 0 saturated heterocycles. The summed E-state index contributed by atoms with van der Waals surface area (Å²) in [6.45, 7) is 6.04. The quantitative estimate of drug-likeness (QED) is 0.415. The van der Waals surface area contributed by atoms with Gasteiger partial charge < -0.3 is 14.7 Å². The average molecular weight is 407 g/mol. The van der Waals surface area contributed by atoms with Crippen LogP contribution in [0.2, 0.25) is 0 Å². The molecule has 29 heavy (non-hydrogen) atoms. The number of aromatic amines is 1. The molecule has 7 heteroatoms. The Morgan fingerprint density at radius 2 is 1.83 bits per heavy atom. The molecular weight excluding hydrogens is 384 g/mol. The minimum absolute atomic E-state index is 0.102. The third-order valence-electron chi connectivity index (χ3n) is 4.71. The van der Waals surface area contributed by atoms with Crippen molar-refractivity contribution in [3.8, 4) is 11.5 Å². The maximum atomic E-state index is 12.7. The second-order valence-electron chi connectivity index (χ2n) is 7.11. The van der Waals surface area contributed by atoms with Crippen molar-refractivity contribution in [2.24, 2.45) is 0 Å². The lowest BCUT2D eigenvalue weighted by atomic mass is 10.0. The number of amides is 1. The number of nitrogens with one attached hydrogen (secondary N) is 2. The highest BCUT2D eigenvalue weighted by Crippen LogP contribution is 2.31. The summed E-state index contributed by atoms with van der Waals surface area (Å²) in [5.74, 6) is 0.654. The zero-order valence-electron chi connectivity index (χ0n) is 16.5. The summed E-state index contributed by atoms with van der Waals surface area (Å²) < 4.78 is 5.81. The molecule has 0 spiro atoms. The van der Waals surface area contributed by atoms with E-state index >= 15 is 0 Å². The van der Waals surface area contributed by atoms with E-state index in [0.29, 0.717) is 17.0 Å². The van der Waals surface area contributed by atoms with Gasteiger partial charge in [0, 0.05) is 22.8 Å². The van der Waals surface area contributed by atoms with E-state index < -0.39 is 0 Å². The fraction of sp³-hybridized carbons (Fsp3) is 0.227. The highest BCUT2D eigenvalue weighted by Gasteiger charge is 2.21. The lowest BCUT2D eigenvalue weighted by molar-refractivity contribution is -0.115. The average Bonchev–Trinajstić information content (AvgIpc) is 3.34. The van der Waals surface area contributed by atoms with E-state index in [1.54, 1.807) is 0 Å². The van der Waals surface area contributed by atoms with E-state index in [1.807, 2.05) is 61.7 Å². The van der Waals surface area contributed by atoms with Gasteiger partial charge in [-0.1, -0.05) is 62.0 Å². The van der Waals surface area contributed by atoms with Crippen molar-refractivity contribution in [1.82, 2.24) is 15.2 Å². The van der Waals surface area contributed by atoms with Crippen molar-refractivity contribution in [3.05, 3.63) is 60.3 Å². The smallest absolute Gasteiger partial charge is 0.277 e. The monoisotopic (exact) mass is 406 g/mol. The maximum absolute atomic E-state index is 12.7. The molecule has 1 atom stereocenters. The number of rotatable bonds is 6. The summed E-state index contributed by atoms with van der Waals surface area (Å²) in [7, 11) is 0. The van der Waals surface area contributed by atoms with Crippen LogP contribution >= 0.6 is 11.8 Å². The molecule has 1 amide bonds. The largest absolute Gasteiger partial charge is 0.411 e. The lowest BCUT2D eigenvalue weighted by Gasteiger charge is -2.15. The molecule has 0 aliphatic carbocycles. The van der Waals surface area contributed by atoms with Crippen molar-refractivity contribution < 1.29 is 9.21 Å². The molecule has 148 valence electrons. The molecule has 4 rings (SSSR count). The van der Waals surface area contributed by atoms with E-state index in [9.17, 15) is 4.79 Å². The number of para-hydroxylation sites is 2. The molecule has 0 unspecified atom stereocenters. The van der Waals surface area contributed by atoms with Crippen LogP contribution in [-0.4, -0.2) is 26.3 Å². The van der Waals surface area contributed by atoms with E-state index in [4.69, 9.17) is 4.42 Å². The lowest BCUT2D eigenvalue weighted by Crippen LogP contribution is -2.23. The molecule has 0 bridgehead atoms. The highest BCUT2D eigenvalue weighted by atomic mass is 32.2. The van der Waals surface area contributed by atoms with E-state index in [1.165, 1.54) is 11.8 Å². The zero-order valence-corrected chi connectivity index (χ0v) is 17.3. The number of anilines is 1. The number of hydrogen-bond donors (Lipinski definition) is 2. The van der Waals surface area contributed by atoms with Crippen molar-refractivity contribution in [2.75, 3.05) is 5.32 Å². The number of hydrogen-bond acceptors (Lipinski definition) is 5. The molecule has 0 aliphatic rings. The number of benzene rings is 2. The Bertz CT molecular complexity index is 1150. The van der Waals surface area contributed by atoms with Gasteiger partial charge in [-0.3, -0.25) is 4.79 Å². The third-order valence-corrected chi connectivity index (χ3v) is 5.65. The number of fused-ring (bicyclic) bond motifs is 1. The normalized spacial score (nSPS) is 12.4. The van der Waals surface area contributed by atoms with Crippen LogP contribution in [-0.2, 0) is 4.79 Å². The van der Waals surface area contributed by atoms with Gasteiger partial charge in [0.05, 0.1) is 10.8 Å². The van der Waals surface area contributed by atoms with Gasteiger partial charge in [-0.05, 0) is 30.5 Å². The van der Waals surface area contributed by atoms with Gasteiger partial charge >= 0.3 is 0 Å². The summed E-state index contributed by atoms with van der Waals surface area (Å²) in [6.07, 6.45) is 1.85. The molecule has 0 fully saturated rings. The van der Waals surface area contributed by atoms with Gasteiger partial charge in [-0.25, -0.2) is 0 Å². The number of nitrogens with zero attached hydrogens (tertiary/aromatic N) is 2. The van der Waals surface area contributed by atoms with Crippen LogP contribution in [0.1, 0.15) is 32.3 Å². The second kappa shape index (κ2) is 8.13. The SMILES string of the molecule is CC(C)c1ccccc1NC(=O)[C@@H](C)Sc1nnc(-c2c[nH]c3ccccc23)o1. The molecular formula is C22H22N4O2S. The van der Waals surface area contributed by atoms with Crippen LogP contribution in [0.3, 0.4) is 0 Å². The third kappa shape index (κ3) is 4.05. The zero-order chi connectivity index (χ0) is 20.4. The maximum Gasteiger partial charge on any atom is 0.277 e. The Balaban J connectivity index is 1.47. The van der Waals surface area contributed by atoms with Crippen LogP contribution in [0, 0.1) is 0 Å². The standard InChI is InChI=1S/C22H22N4O2S/c1-13(2)15-8-4-7-11-19(15)24-20(27)14(3)29-22-26-25-21(28-22)17-12-23-18-10-6-5-9-16(17)18/h4-14,23H,1-3H3,(H,24,27)/t14-/m1/s1. The Hall–Kier alpha value is -3.06. The van der Waals surface area contributed by atoms with Gasteiger partial charge in [0.15, 0.2) is 0 Å². The van der Waals surface area contributed by atoms with Gasteiger partial charge in [0.25, 0.3) is 11.1 Å². The van der Waals surface area contributed by atoms with Crippen LogP contribution in [0.5, 0.6) is 0 Å². The van der Waals surface area contributed by atoms with Crippen molar-refractivity contribution >= 4 is 34.3 Å². The van der Waals surface area contributed by atoms with Crippen LogP contribution in [0.25, 0.3) is 22.4 Å². The topological polar surface area (TPSA) is 83.8 Å². The number of H-pyrrole nitrogens is 1. The molecule has 4 aromatic rings. The minimum atomic E-state index is -0.383. The Kier molecular flexibility index (Phi) is 5.40. The van der Waals surface area contributed by atoms with Crippen molar-refractivity contribution in [3.63, 3.8) is 0 Å². The Labute approximate surface area is 173 Å². The number of carbonyl (C=O) groups is 1. The summed E-state index contributed by atoms with van der Waals surface area (Å²) >= 11 is 1.25.